The topological polar surface area (TPSA) is 37.8 Å². The Morgan fingerprint density at radius 2 is 2.00 bits per heavy atom. The zero-order valence-electron chi connectivity index (χ0n) is 10.1. The third kappa shape index (κ3) is 2.80. The molecule has 0 saturated heterocycles. The molecule has 0 aliphatic carbocycles. The van der Waals surface area contributed by atoms with E-state index < -0.39 is 0 Å². The van der Waals surface area contributed by atoms with Crippen LogP contribution < -0.4 is 5.32 Å². The van der Waals surface area contributed by atoms with E-state index in [1.165, 1.54) is 0 Å². The molecule has 0 radical (unpaired) electrons. The summed E-state index contributed by atoms with van der Waals surface area (Å²) in [5.41, 5.74) is 2.39. The van der Waals surface area contributed by atoms with Gasteiger partial charge in [-0.3, -0.25) is 10.3 Å². The van der Waals surface area contributed by atoms with Crippen molar-refractivity contribution in [3.63, 3.8) is 0 Å². The maximum absolute atomic E-state index is 5.41. The van der Waals surface area contributed by atoms with Crippen LogP contribution in [0.2, 0.25) is 0 Å². The summed E-state index contributed by atoms with van der Waals surface area (Å²) in [6.07, 6.45) is 7.19. The van der Waals surface area contributed by atoms with E-state index >= 15 is 0 Å². The Balaban J connectivity index is 2.18. The SMILES string of the molecule is C#CC(C)(C)NCc1cnc2ccccc2n1. The Kier molecular flexibility index (Phi) is 3.08. The summed E-state index contributed by atoms with van der Waals surface area (Å²) in [6, 6.07) is 7.82. The van der Waals surface area contributed by atoms with Crippen LogP contribution in [0.5, 0.6) is 0 Å². The summed E-state index contributed by atoms with van der Waals surface area (Å²) < 4.78 is 0. The van der Waals surface area contributed by atoms with Gasteiger partial charge in [0.25, 0.3) is 0 Å². The van der Waals surface area contributed by atoms with Crippen LogP contribution >= 0.6 is 0 Å². The lowest BCUT2D eigenvalue weighted by Crippen LogP contribution is -2.37. The lowest BCUT2D eigenvalue weighted by molar-refractivity contribution is 0.486. The van der Waals surface area contributed by atoms with Crippen LogP contribution in [0.25, 0.3) is 11.0 Å². The van der Waals surface area contributed by atoms with Crippen molar-refractivity contribution in [1.29, 1.82) is 0 Å². The van der Waals surface area contributed by atoms with Crippen molar-refractivity contribution in [3.8, 4) is 12.3 Å². The Labute approximate surface area is 101 Å². The average Bonchev–Trinajstić information content (AvgIpc) is 2.36. The molecule has 1 aromatic heterocycles. The van der Waals surface area contributed by atoms with Gasteiger partial charge in [-0.2, -0.15) is 0 Å². The molecule has 1 aromatic carbocycles. The van der Waals surface area contributed by atoms with Crippen LogP contribution in [0.4, 0.5) is 0 Å². The summed E-state index contributed by atoms with van der Waals surface area (Å²) in [5, 5.41) is 3.25. The van der Waals surface area contributed by atoms with E-state index in [1.54, 1.807) is 6.20 Å². The molecule has 0 saturated carbocycles. The number of aromatic nitrogens is 2. The van der Waals surface area contributed by atoms with Gasteiger partial charge in [0.05, 0.1) is 28.5 Å². The van der Waals surface area contributed by atoms with Gasteiger partial charge in [-0.1, -0.05) is 18.1 Å². The maximum Gasteiger partial charge on any atom is 0.0890 e. The normalized spacial score (nSPS) is 11.4. The van der Waals surface area contributed by atoms with Crippen molar-refractivity contribution in [3.05, 3.63) is 36.2 Å². The molecular weight excluding hydrogens is 210 g/mol. The molecule has 2 aromatic rings. The van der Waals surface area contributed by atoms with Gasteiger partial charge in [-0.25, -0.2) is 4.98 Å². The van der Waals surface area contributed by atoms with Crippen molar-refractivity contribution in [2.75, 3.05) is 0 Å². The number of para-hydroxylation sites is 2. The third-order valence-electron chi connectivity index (χ3n) is 2.57. The van der Waals surface area contributed by atoms with Crippen molar-refractivity contribution in [1.82, 2.24) is 15.3 Å². The molecule has 0 unspecified atom stereocenters. The molecule has 1 heterocycles. The van der Waals surface area contributed by atoms with E-state index in [2.05, 4.69) is 21.2 Å². The van der Waals surface area contributed by atoms with Crippen molar-refractivity contribution < 1.29 is 0 Å². The van der Waals surface area contributed by atoms with E-state index in [0.717, 1.165) is 16.7 Å². The van der Waals surface area contributed by atoms with Gasteiger partial charge in [-0.15, -0.1) is 6.42 Å². The molecule has 86 valence electrons. The Morgan fingerprint density at radius 3 is 2.71 bits per heavy atom. The van der Waals surface area contributed by atoms with Gasteiger partial charge < -0.3 is 0 Å². The van der Waals surface area contributed by atoms with Crippen LogP contribution in [0.1, 0.15) is 19.5 Å². The highest BCUT2D eigenvalue weighted by Crippen LogP contribution is 2.09. The quantitative estimate of drug-likeness (QED) is 0.813. The number of terminal acetylenes is 1. The first-order valence-electron chi connectivity index (χ1n) is 5.54. The van der Waals surface area contributed by atoms with Crippen molar-refractivity contribution in [2.45, 2.75) is 25.9 Å². The van der Waals surface area contributed by atoms with Crippen LogP contribution in [-0.2, 0) is 6.54 Å². The summed E-state index contributed by atoms with van der Waals surface area (Å²) in [5.74, 6) is 2.69. The molecule has 3 heteroatoms. The fourth-order valence-electron chi connectivity index (χ4n) is 1.44. The van der Waals surface area contributed by atoms with E-state index in [-0.39, 0.29) is 5.54 Å². The summed E-state index contributed by atoms with van der Waals surface area (Å²) in [4.78, 5) is 8.87. The Hall–Kier alpha value is -1.92. The summed E-state index contributed by atoms with van der Waals surface area (Å²) in [7, 11) is 0. The van der Waals surface area contributed by atoms with Gasteiger partial charge in [0, 0.05) is 6.54 Å². The third-order valence-corrected chi connectivity index (χ3v) is 2.57. The molecule has 17 heavy (non-hydrogen) atoms. The predicted octanol–water partition coefficient (Wildman–Crippen LogP) is 2.13. The van der Waals surface area contributed by atoms with Gasteiger partial charge in [0.1, 0.15) is 0 Å². The van der Waals surface area contributed by atoms with Crippen molar-refractivity contribution in [2.24, 2.45) is 0 Å². The first-order chi connectivity index (χ1) is 8.11. The molecule has 2 rings (SSSR count). The number of fused-ring (bicyclic) bond motifs is 1. The van der Waals surface area contributed by atoms with Crippen LogP contribution in [0.3, 0.4) is 0 Å². The second-order valence-corrected chi connectivity index (χ2v) is 4.47. The molecule has 1 N–H and O–H groups in total. The van der Waals surface area contributed by atoms with Crippen LogP contribution in [-0.4, -0.2) is 15.5 Å². The van der Waals surface area contributed by atoms with Gasteiger partial charge in [0.15, 0.2) is 0 Å². The maximum atomic E-state index is 5.41. The first-order valence-corrected chi connectivity index (χ1v) is 5.54. The average molecular weight is 225 g/mol. The van der Waals surface area contributed by atoms with Crippen molar-refractivity contribution >= 4 is 11.0 Å². The molecule has 0 aliphatic heterocycles. The minimum atomic E-state index is -0.326. The van der Waals surface area contributed by atoms with E-state index in [1.807, 2.05) is 38.1 Å². The number of hydrogen-bond donors (Lipinski definition) is 1. The second-order valence-electron chi connectivity index (χ2n) is 4.47. The lowest BCUT2D eigenvalue weighted by atomic mass is 10.1. The highest BCUT2D eigenvalue weighted by atomic mass is 15.0. The summed E-state index contributed by atoms with van der Waals surface area (Å²) >= 11 is 0. The highest BCUT2D eigenvalue weighted by molar-refractivity contribution is 5.73. The van der Waals surface area contributed by atoms with Gasteiger partial charge in [-0.05, 0) is 26.0 Å². The molecule has 0 aliphatic rings. The fraction of sp³-hybridized carbons (Fsp3) is 0.286. The zero-order valence-corrected chi connectivity index (χ0v) is 10.1. The smallest absolute Gasteiger partial charge is 0.0890 e. The number of nitrogens with one attached hydrogen (secondary N) is 1. The molecule has 0 spiro atoms. The molecular formula is C14H15N3. The van der Waals surface area contributed by atoms with Gasteiger partial charge in [0.2, 0.25) is 0 Å². The zero-order chi connectivity index (χ0) is 12.3. The predicted molar refractivity (Wildman–Crippen MR) is 69.3 cm³/mol. The number of nitrogens with zero attached hydrogens (tertiary/aromatic N) is 2. The molecule has 3 nitrogen and oxygen atoms in total. The summed E-state index contributed by atoms with van der Waals surface area (Å²) in [6.45, 7) is 4.54. The van der Waals surface area contributed by atoms with Gasteiger partial charge >= 0.3 is 0 Å². The number of benzene rings is 1. The van der Waals surface area contributed by atoms with Crippen LogP contribution in [0.15, 0.2) is 30.5 Å². The van der Waals surface area contributed by atoms with E-state index in [4.69, 9.17) is 6.42 Å². The lowest BCUT2D eigenvalue weighted by Gasteiger charge is -2.19. The minimum absolute atomic E-state index is 0.326. The molecule has 0 amide bonds. The monoisotopic (exact) mass is 225 g/mol. The molecule has 0 fully saturated rings. The molecule has 0 atom stereocenters. The Morgan fingerprint density at radius 1 is 1.29 bits per heavy atom. The largest absolute Gasteiger partial charge is 0.296 e. The highest BCUT2D eigenvalue weighted by Gasteiger charge is 2.12. The Bertz CT molecular complexity index is 567. The van der Waals surface area contributed by atoms with E-state index in [9.17, 15) is 0 Å². The van der Waals surface area contributed by atoms with Crippen LogP contribution in [0, 0.1) is 12.3 Å². The first kappa shape index (κ1) is 11.6. The number of hydrogen-bond acceptors (Lipinski definition) is 3. The second kappa shape index (κ2) is 4.52. The molecule has 0 bridgehead atoms. The standard InChI is InChI=1S/C14H15N3/c1-4-14(2,3)16-10-11-9-15-12-7-5-6-8-13(12)17-11/h1,5-9,16H,10H2,2-3H3. The minimum Gasteiger partial charge on any atom is -0.296 e. The van der Waals surface area contributed by atoms with E-state index in [0.29, 0.717) is 6.54 Å². The fourth-order valence-corrected chi connectivity index (χ4v) is 1.44. The number of rotatable bonds is 3.